The lowest BCUT2D eigenvalue weighted by atomic mass is 10.3. The van der Waals surface area contributed by atoms with Gasteiger partial charge < -0.3 is 5.32 Å². The molecule has 2 rings (SSSR count). The van der Waals surface area contributed by atoms with Gasteiger partial charge >= 0.3 is 0 Å². The normalized spacial score (nSPS) is 10.6. The summed E-state index contributed by atoms with van der Waals surface area (Å²) in [4.78, 5) is 12.8. The maximum Gasteiger partial charge on any atom is 0.193 e. The van der Waals surface area contributed by atoms with Gasteiger partial charge in [-0.1, -0.05) is 18.5 Å². The Morgan fingerprint density at radius 2 is 1.94 bits per heavy atom. The largest absolute Gasteiger partial charge is 0.313 e. The van der Waals surface area contributed by atoms with E-state index in [4.69, 9.17) is 11.6 Å². The number of halogens is 1. The van der Waals surface area contributed by atoms with Crippen LogP contribution in [0.1, 0.15) is 12.5 Å². The van der Waals surface area contributed by atoms with Crippen LogP contribution in [0.3, 0.4) is 0 Å². The maximum atomic E-state index is 5.77. The topological polar surface area (TPSA) is 50.7 Å². The Kier molecular flexibility index (Phi) is 4.92. The highest BCUT2D eigenvalue weighted by Crippen LogP contribution is 2.22. The van der Waals surface area contributed by atoms with Crippen LogP contribution in [0, 0.1) is 0 Å². The molecule has 0 saturated carbocycles. The Hall–Kier alpha value is -1.17. The van der Waals surface area contributed by atoms with Crippen LogP contribution in [0.4, 0.5) is 0 Å². The van der Waals surface area contributed by atoms with Crippen molar-refractivity contribution in [1.82, 2.24) is 20.3 Å². The van der Waals surface area contributed by atoms with Gasteiger partial charge in [0.25, 0.3) is 0 Å². The van der Waals surface area contributed by atoms with E-state index in [9.17, 15) is 0 Å². The molecule has 0 aliphatic carbocycles. The van der Waals surface area contributed by atoms with Crippen LogP contribution >= 0.6 is 23.4 Å². The second-order valence-corrected chi connectivity index (χ2v) is 4.99. The highest BCUT2D eigenvalue weighted by Gasteiger charge is 2.02. The molecule has 0 aliphatic heterocycles. The predicted molar refractivity (Wildman–Crippen MR) is 72.8 cm³/mol. The van der Waals surface area contributed by atoms with Crippen LogP contribution in [0.25, 0.3) is 0 Å². The fourth-order valence-corrected chi connectivity index (χ4v) is 2.02. The van der Waals surface area contributed by atoms with Gasteiger partial charge in [-0.3, -0.25) is 0 Å². The number of rotatable bonds is 5. The molecule has 1 N–H and O–H groups in total. The summed E-state index contributed by atoms with van der Waals surface area (Å²) in [6, 6.07) is 3.65. The summed E-state index contributed by atoms with van der Waals surface area (Å²) in [6.45, 7) is 3.79. The minimum Gasteiger partial charge on any atom is -0.313 e. The lowest BCUT2D eigenvalue weighted by Crippen LogP contribution is -2.12. The number of nitrogens with zero attached hydrogens (tertiary/aromatic N) is 3. The van der Waals surface area contributed by atoms with Crippen LogP contribution in [0.5, 0.6) is 0 Å². The molecule has 0 fully saturated rings. The Bertz CT molecular complexity index is 486. The standard InChI is InChI=1S/C12H13ClN4S/c1-2-14-5-9-6-16-12(17-7-9)18-11-4-3-10(13)8-15-11/h3-4,6-8,14H,2,5H2,1H3. The third-order valence-electron chi connectivity index (χ3n) is 2.16. The Morgan fingerprint density at radius 3 is 2.56 bits per heavy atom. The first-order valence-electron chi connectivity index (χ1n) is 5.59. The van der Waals surface area contributed by atoms with Crippen LogP contribution in [0.2, 0.25) is 5.02 Å². The van der Waals surface area contributed by atoms with Crippen molar-refractivity contribution in [2.75, 3.05) is 6.54 Å². The molecular formula is C12H13ClN4S. The number of aromatic nitrogens is 3. The highest BCUT2D eigenvalue weighted by molar-refractivity contribution is 7.99. The third-order valence-corrected chi connectivity index (χ3v) is 3.22. The molecule has 94 valence electrons. The molecule has 2 heterocycles. The van der Waals surface area contributed by atoms with Gasteiger partial charge in [0.1, 0.15) is 5.03 Å². The summed E-state index contributed by atoms with van der Waals surface area (Å²) >= 11 is 7.19. The lowest BCUT2D eigenvalue weighted by Gasteiger charge is -2.02. The first-order valence-corrected chi connectivity index (χ1v) is 6.78. The van der Waals surface area contributed by atoms with E-state index in [-0.39, 0.29) is 0 Å². The summed E-state index contributed by atoms with van der Waals surface area (Å²) in [5.41, 5.74) is 1.07. The van der Waals surface area contributed by atoms with E-state index in [1.807, 2.05) is 18.5 Å². The monoisotopic (exact) mass is 280 g/mol. The lowest BCUT2D eigenvalue weighted by molar-refractivity contribution is 0.716. The van der Waals surface area contributed by atoms with Gasteiger partial charge in [0, 0.05) is 30.7 Å². The molecule has 0 saturated heterocycles. The van der Waals surface area contributed by atoms with Crippen LogP contribution < -0.4 is 5.32 Å². The molecule has 0 bridgehead atoms. The fourth-order valence-electron chi connectivity index (χ4n) is 1.27. The number of pyridine rings is 1. The van der Waals surface area contributed by atoms with Crippen molar-refractivity contribution >= 4 is 23.4 Å². The molecule has 0 spiro atoms. The summed E-state index contributed by atoms with van der Waals surface area (Å²) in [5.74, 6) is 0. The van der Waals surface area contributed by atoms with Crippen molar-refractivity contribution in [3.8, 4) is 0 Å². The molecule has 0 unspecified atom stereocenters. The zero-order chi connectivity index (χ0) is 12.8. The Labute approximate surface area is 115 Å². The molecular weight excluding hydrogens is 268 g/mol. The quantitative estimate of drug-likeness (QED) is 0.854. The Balaban J connectivity index is 1.99. The van der Waals surface area contributed by atoms with Crippen molar-refractivity contribution in [3.05, 3.63) is 41.3 Å². The summed E-state index contributed by atoms with van der Waals surface area (Å²) < 4.78 is 0. The second-order valence-electron chi connectivity index (χ2n) is 3.57. The third kappa shape index (κ3) is 3.94. The van der Waals surface area contributed by atoms with E-state index in [0.29, 0.717) is 10.2 Å². The van der Waals surface area contributed by atoms with Gasteiger partial charge in [-0.2, -0.15) is 0 Å². The fraction of sp³-hybridized carbons (Fsp3) is 0.250. The minimum atomic E-state index is 0.626. The molecule has 18 heavy (non-hydrogen) atoms. The average molecular weight is 281 g/mol. The first kappa shape index (κ1) is 13.3. The number of nitrogens with one attached hydrogen (secondary N) is 1. The van der Waals surface area contributed by atoms with E-state index >= 15 is 0 Å². The predicted octanol–water partition coefficient (Wildman–Crippen LogP) is 2.79. The molecule has 2 aromatic heterocycles. The van der Waals surface area contributed by atoms with Gasteiger partial charge in [0.15, 0.2) is 5.16 Å². The number of hydrogen-bond acceptors (Lipinski definition) is 5. The molecule has 4 nitrogen and oxygen atoms in total. The highest BCUT2D eigenvalue weighted by atomic mass is 35.5. The van der Waals surface area contributed by atoms with Crippen LogP contribution in [-0.4, -0.2) is 21.5 Å². The van der Waals surface area contributed by atoms with Crippen LogP contribution in [-0.2, 0) is 6.54 Å². The zero-order valence-corrected chi connectivity index (χ0v) is 11.5. The maximum absolute atomic E-state index is 5.77. The minimum absolute atomic E-state index is 0.626. The smallest absolute Gasteiger partial charge is 0.193 e. The molecule has 0 radical (unpaired) electrons. The molecule has 6 heteroatoms. The molecule has 2 aromatic rings. The van der Waals surface area contributed by atoms with Crippen molar-refractivity contribution in [1.29, 1.82) is 0 Å². The number of hydrogen-bond donors (Lipinski definition) is 1. The van der Waals surface area contributed by atoms with Gasteiger partial charge in [0.2, 0.25) is 0 Å². The summed E-state index contributed by atoms with van der Waals surface area (Å²) in [6.07, 6.45) is 5.27. The van der Waals surface area contributed by atoms with E-state index in [1.165, 1.54) is 11.8 Å². The first-order chi connectivity index (χ1) is 8.78. The van der Waals surface area contributed by atoms with E-state index in [1.54, 1.807) is 12.3 Å². The average Bonchev–Trinajstić information content (AvgIpc) is 2.41. The van der Waals surface area contributed by atoms with Gasteiger partial charge in [-0.15, -0.1) is 0 Å². The van der Waals surface area contributed by atoms with Crippen molar-refractivity contribution in [2.24, 2.45) is 0 Å². The van der Waals surface area contributed by atoms with Gasteiger partial charge in [0.05, 0.1) is 5.02 Å². The zero-order valence-electron chi connectivity index (χ0n) is 9.93. The van der Waals surface area contributed by atoms with Gasteiger partial charge in [-0.05, 0) is 30.4 Å². The van der Waals surface area contributed by atoms with E-state index in [0.717, 1.165) is 23.7 Å². The van der Waals surface area contributed by atoms with E-state index in [2.05, 4.69) is 27.2 Å². The molecule has 0 aliphatic rings. The second kappa shape index (κ2) is 6.68. The molecule has 0 atom stereocenters. The van der Waals surface area contributed by atoms with Crippen molar-refractivity contribution < 1.29 is 0 Å². The molecule has 0 aromatic carbocycles. The van der Waals surface area contributed by atoms with E-state index < -0.39 is 0 Å². The summed E-state index contributed by atoms with van der Waals surface area (Å²) in [7, 11) is 0. The summed E-state index contributed by atoms with van der Waals surface area (Å²) in [5, 5.41) is 5.37. The molecule has 0 amide bonds. The Morgan fingerprint density at radius 1 is 1.17 bits per heavy atom. The van der Waals surface area contributed by atoms with Crippen LogP contribution in [0.15, 0.2) is 40.9 Å². The van der Waals surface area contributed by atoms with Crippen molar-refractivity contribution in [3.63, 3.8) is 0 Å². The van der Waals surface area contributed by atoms with Gasteiger partial charge in [-0.25, -0.2) is 15.0 Å². The van der Waals surface area contributed by atoms with Crippen molar-refractivity contribution in [2.45, 2.75) is 23.7 Å². The SMILES string of the molecule is CCNCc1cnc(Sc2ccc(Cl)cn2)nc1.